The SMILES string of the molecule is CCCCCC/C=C/CC/C=C/C(O)C(COC1OC(CO)C(O)C(O)C1O)NC(=O)CCCCCCCCCCCCCCCCCCCCCCCCCCCCCCCCC. The molecule has 0 aromatic carbocycles. The van der Waals surface area contributed by atoms with Crippen molar-refractivity contribution in [3.8, 4) is 0 Å². The third-order valence-electron chi connectivity index (χ3n) is 13.3. The number of rotatable bonds is 47. The molecule has 0 radical (unpaired) electrons. The molecule has 1 saturated heterocycles. The van der Waals surface area contributed by atoms with Crippen molar-refractivity contribution in [3.05, 3.63) is 24.3 Å². The molecule has 7 unspecified atom stereocenters. The molecular formula is C55H105NO8. The number of hydrogen-bond donors (Lipinski definition) is 6. The monoisotopic (exact) mass is 908 g/mol. The lowest BCUT2D eigenvalue weighted by Crippen LogP contribution is -2.60. The van der Waals surface area contributed by atoms with E-state index in [1.165, 1.54) is 205 Å². The van der Waals surface area contributed by atoms with Crippen molar-refractivity contribution in [2.75, 3.05) is 13.2 Å². The molecule has 1 heterocycles. The van der Waals surface area contributed by atoms with E-state index in [-0.39, 0.29) is 12.5 Å². The van der Waals surface area contributed by atoms with Crippen LogP contribution < -0.4 is 5.32 Å². The van der Waals surface area contributed by atoms with Crippen molar-refractivity contribution >= 4 is 5.91 Å². The normalized spacial score (nSPS) is 20.1. The molecule has 1 fully saturated rings. The van der Waals surface area contributed by atoms with E-state index in [1.54, 1.807) is 6.08 Å². The third-order valence-corrected chi connectivity index (χ3v) is 13.3. The zero-order valence-electron chi connectivity index (χ0n) is 41.8. The second kappa shape index (κ2) is 45.5. The summed E-state index contributed by atoms with van der Waals surface area (Å²) in [4.78, 5) is 13.0. The van der Waals surface area contributed by atoms with Crippen molar-refractivity contribution in [2.24, 2.45) is 0 Å². The average Bonchev–Trinajstić information content (AvgIpc) is 3.29. The second-order valence-corrected chi connectivity index (χ2v) is 19.4. The molecule has 1 aliphatic rings. The lowest BCUT2D eigenvalue weighted by Gasteiger charge is -2.40. The molecule has 9 heteroatoms. The van der Waals surface area contributed by atoms with E-state index in [2.05, 4.69) is 31.3 Å². The fourth-order valence-electron chi connectivity index (χ4n) is 8.88. The van der Waals surface area contributed by atoms with Gasteiger partial charge in [0.05, 0.1) is 25.4 Å². The number of aliphatic hydroxyl groups is 5. The Balaban J connectivity index is 2.09. The van der Waals surface area contributed by atoms with Crippen LogP contribution in [0.25, 0.3) is 0 Å². The Bertz CT molecular complexity index is 1060. The first-order chi connectivity index (χ1) is 31.3. The number of hydrogen-bond acceptors (Lipinski definition) is 8. The molecule has 0 aromatic heterocycles. The molecule has 64 heavy (non-hydrogen) atoms. The van der Waals surface area contributed by atoms with E-state index in [1.807, 2.05) is 6.08 Å². The van der Waals surface area contributed by atoms with Crippen LogP contribution in [0.15, 0.2) is 24.3 Å². The molecule has 6 N–H and O–H groups in total. The van der Waals surface area contributed by atoms with Gasteiger partial charge in [0.25, 0.3) is 0 Å². The first-order valence-electron chi connectivity index (χ1n) is 27.6. The van der Waals surface area contributed by atoms with Crippen molar-refractivity contribution in [2.45, 2.75) is 307 Å². The van der Waals surface area contributed by atoms with Gasteiger partial charge in [-0.25, -0.2) is 0 Å². The van der Waals surface area contributed by atoms with E-state index in [9.17, 15) is 30.3 Å². The maximum atomic E-state index is 13.0. The molecule has 0 saturated carbocycles. The summed E-state index contributed by atoms with van der Waals surface area (Å²) >= 11 is 0. The minimum absolute atomic E-state index is 0.184. The van der Waals surface area contributed by atoms with Crippen molar-refractivity contribution < 1.29 is 39.8 Å². The van der Waals surface area contributed by atoms with Crippen molar-refractivity contribution in [1.29, 1.82) is 0 Å². The van der Waals surface area contributed by atoms with Crippen LogP contribution >= 0.6 is 0 Å². The summed E-state index contributed by atoms with van der Waals surface area (Å²) in [6.07, 6.45) is 49.9. The minimum atomic E-state index is -1.57. The highest BCUT2D eigenvalue weighted by atomic mass is 16.7. The predicted octanol–water partition coefficient (Wildman–Crippen LogP) is 13.0. The highest BCUT2D eigenvalue weighted by molar-refractivity contribution is 5.76. The summed E-state index contributed by atoms with van der Waals surface area (Å²) < 4.78 is 11.2. The van der Waals surface area contributed by atoms with Crippen molar-refractivity contribution in [3.63, 3.8) is 0 Å². The van der Waals surface area contributed by atoms with Gasteiger partial charge in [0.2, 0.25) is 5.91 Å². The Kier molecular flexibility index (Phi) is 43.1. The van der Waals surface area contributed by atoms with E-state index < -0.39 is 49.5 Å². The van der Waals surface area contributed by atoms with Crippen LogP contribution in [0.1, 0.15) is 264 Å². The molecule has 1 amide bonds. The van der Waals surface area contributed by atoms with Crippen LogP contribution in [0.2, 0.25) is 0 Å². The quantitative estimate of drug-likeness (QED) is 0.0261. The highest BCUT2D eigenvalue weighted by Gasteiger charge is 2.44. The smallest absolute Gasteiger partial charge is 0.220 e. The van der Waals surface area contributed by atoms with E-state index in [0.717, 1.165) is 38.5 Å². The van der Waals surface area contributed by atoms with Gasteiger partial charge in [-0.15, -0.1) is 0 Å². The topological polar surface area (TPSA) is 149 Å². The van der Waals surface area contributed by atoms with Gasteiger partial charge >= 0.3 is 0 Å². The summed E-state index contributed by atoms with van der Waals surface area (Å²) in [7, 11) is 0. The Morgan fingerprint density at radius 1 is 0.516 bits per heavy atom. The number of aliphatic hydroxyl groups excluding tert-OH is 5. The van der Waals surface area contributed by atoms with Crippen LogP contribution in [0.4, 0.5) is 0 Å². The van der Waals surface area contributed by atoms with Gasteiger partial charge < -0.3 is 40.3 Å². The zero-order chi connectivity index (χ0) is 46.6. The van der Waals surface area contributed by atoms with Gasteiger partial charge in [-0.1, -0.05) is 250 Å². The molecule has 9 nitrogen and oxygen atoms in total. The lowest BCUT2D eigenvalue weighted by molar-refractivity contribution is -0.302. The lowest BCUT2D eigenvalue weighted by atomic mass is 9.99. The largest absolute Gasteiger partial charge is 0.394 e. The first-order valence-corrected chi connectivity index (χ1v) is 27.6. The fraction of sp³-hybridized carbons (Fsp3) is 0.909. The standard InChI is InChI=1S/C55H105NO8/c1-3-5-7-9-11-13-15-16-17-18-19-20-21-22-23-24-25-26-27-28-29-30-31-32-33-34-35-37-39-41-43-45-51(59)56-48(47-63-55-54(62)53(61)52(60)50(46-57)64-55)49(58)44-42-40-38-36-14-12-10-8-6-4-2/h14,36,42,44,48-50,52-55,57-58,60-62H,3-13,15-35,37-41,43,45-47H2,1-2H3,(H,56,59)/b36-14+,44-42+. The number of nitrogens with one attached hydrogen (secondary N) is 1. The van der Waals surface area contributed by atoms with Crippen LogP contribution in [0.3, 0.4) is 0 Å². The van der Waals surface area contributed by atoms with Gasteiger partial charge in [-0.05, 0) is 32.1 Å². The molecule has 0 aromatic rings. The maximum absolute atomic E-state index is 13.0. The van der Waals surface area contributed by atoms with Gasteiger partial charge in [0, 0.05) is 6.42 Å². The minimum Gasteiger partial charge on any atom is -0.394 e. The molecule has 1 rings (SSSR count). The molecule has 0 aliphatic carbocycles. The number of carbonyl (C=O) groups is 1. The fourth-order valence-corrected chi connectivity index (χ4v) is 8.88. The number of ether oxygens (including phenoxy) is 2. The summed E-state index contributed by atoms with van der Waals surface area (Å²) in [5, 5.41) is 54.2. The second-order valence-electron chi connectivity index (χ2n) is 19.4. The van der Waals surface area contributed by atoms with Crippen LogP contribution in [-0.4, -0.2) is 87.5 Å². The molecule has 0 bridgehead atoms. The summed E-state index contributed by atoms with van der Waals surface area (Å²) in [6, 6.07) is -0.816. The summed E-state index contributed by atoms with van der Waals surface area (Å²) in [6.45, 7) is 3.74. The van der Waals surface area contributed by atoms with Crippen molar-refractivity contribution in [1.82, 2.24) is 5.32 Å². The number of carbonyl (C=O) groups excluding carboxylic acids is 1. The Labute approximate surface area is 394 Å². The number of allylic oxidation sites excluding steroid dienone is 3. The molecule has 7 atom stereocenters. The first kappa shape index (κ1) is 60.7. The Morgan fingerprint density at radius 3 is 1.31 bits per heavy atom. The highest BCUT2D eigenvalue weighted by Crippen LogP contribution is 2.23. The van der Waals surface area contributed by atoms with Crippen LogP contribution in [-0.2, 0) is 14.3 Å². The van der Waals surface area contributed by atoms with Crippen LogP contribution in [0, 0.1) is 0 Å². The van der Waals surface area contributed by atoms with E-state index >= 15 is 0 Å². The third kappa shape index (κ3) is 34.9. The Hall–Kier alpha value is -1.33. The molecule has 1 aliphatic heterocycles. The molecule has 378 valence electrons. The van der Waals surface area contributed by atoms with Gasteiger partial charge in [0.1, 0.15) is 24.4 Å². The maximum Gasteiger partial charge on any atom is 0.220 e. The van der Waals surface area contributed by atoms with Crippen LogP contribution in [0.5, 0.6) is 0 Å². The van der Waals surface area contributed by atoms with E-state index in [4.69, 9.17) is 9.47 Å². The predicted molar refractivity (Wildman–Crippen MR) is 267 cm³/mol. The number of unbranched alkanes of at least 4 members (excludes halogenated alkanes) is 35. The number of amides is 1. The van der Waals surface area contributed by atoms with Gasteiger partial charge in [-0.2, -0.15) is 0 Å². The summed E-state index contributed by atoms with van der Waals surface area (Å²) in [5.74, 6) is -0.184. The summed E-state index contributed by atoms with van der Waals surface area (Å²) in [5.41, 5.74) is 0. The van der Waals surface area contributed by atoms with Gasteiger partial charge in [0.15, 0.2) is 6.29 Å². The zero-order valence-corrected chi connectivity index (χ0v) is 41.8. The van der Waals surface area contributed by atoms with E-state index in [0.29, 0.717) is 6.42 Å². The van der Waals surface area contributed by atoms with Gasteiger partial charge in [-0.3, -0.25) is 4.79 Å². The Morgan fingerprint density at radius 2 is 0.891 bits per heavy atom. The molecule has 0 spiro atoms. The average molecular weight is 908 g/mol. The molecular weight excluding hydrogens is 803 g/mol.